The van der Waals surface area contributed by atoms with Crippen LogP contribution in [-0.2, 0) is 12.8 Å². The molecule has 0 aliphatic heterocycles. The van der Waals surface area contributed by atoms with Crippen LogP contribution in [0.5, 0.6) is 5.75 Å². The van der Waals surface area contributed by atoms with Crippen LogP contribution in [-0.4, -0.2) is 35.4 Å². The molecule has 3 aromatic carbocycles. The van der Waals surface area contributed by atoms with Crippen LogP contribution in [0.3, 0.4) is 0 Å². The van der Waals surface area contributed by atoms with Crippen LogP contribution in [0.4, 0.5) is 0 Å². The van der Waals surface area contributed by atoms with E-state index in [0.717, 1.165) is 42.4 Å². The van der Waals surface area contributed by atoms with Crippen LogP contribution in [0.1, 0.15) is 52.9 Å². The van der Waals surface area contributed by atoms with Crippen LogP contribution in [0.25, 0.3) is 11.1 Å². The third-order valence-electron chi connectivity index (χ3n) is 6.30. The van der Waals surface area contributed by atoms with Crippen LogP contribution in [0, 0.1) is 0 Å². The number of carboxylic acid groups (broad SMARTS) is 1. The summed E-state index contributed by atoms with van der Waals surface area (Å²) < 4.78 is 5.71. The molecule has 0 unspecified atom stereocenters. The monoisotopic (exact) mass is 515 g/mol. The van der Waals surface area contributed by atoms with Crippen molar-refractivity contribution >= 4 is 30.0 Å². The lowest BCUT2D eigenvalue weighted by Crippen LogP contribution is -2.37. The van der Waals surface area contributed by atoms with E-state index in [1.54, 1.807) is 18.2 Å². The Bertz CT molecular complexity index is 1150. The third-order valence-corrected chi connectivity index (χ3v) is 6.55. The van der Waals surface area contributed by atoms with E-state index in [2.05, 4.69) is 23.5 Å². The number of carbonyl (C=O) groups is 1. The van der Waals surface area contributed by atoms with Gasteiger partial charge in [-0.1, -0.05) is 54.9 Å². The quantitative estimate of drug-likeness (QED) is 0.321. The van der Waals surface area contributed by atoms with Gasteiger partial charge in [0.2, 0.25) is 0 Å². The second-order valence-corrected chi connectivity index (χ2v) is 9.20. The van der Waals surface area contributed by atoms with E-state index in [4.69, 9.17) is 16.3 Å². The summed E-state index contributed by atoms with van der Waals surface area (Å²) in [7, 11) is 0. The van der Waals surface area contributed by atoms with E-state index in [9.17, 15) is 15.0 Å². The Morgan fingerprint density at radius 3 is 2.51 bits per heavy atom. The maximum absolute atomic E-state index is 11.6. The molecular weight excluding hydrogens is 485 g/mol. The van der Waals surface area contributed by atoms with Gasteiger partial charge in [-0.05, 0) is 77.8 Å². The van der Waals surface area contributed by atoms with Gasteiger partial charge in [-0.3, -0.25) is 0 Å². The Hall–Kier alpha value is -2.57. The molecule has 0 saturated carbocycles. The predicted molar refractivity (Wildman–Crippen MR) is 142 cm³/mol. The molecule has 3 aromatic rings. The zero-order valence-corrected chi connectivity index (χ0v) is 21.2. The van der Waals surface area contributed by atoms with E-state index >= 15 is 0 Å². The first-order valence-electron chi connectivity index (χ1n) is 11.7. The van der Waals surface area contributed by atoms with Crippen molar-refractivity contribution in [3.05, 3.63) is 87.9 Å². The lowest BCUT2D eigenvalue weighted by Gasteiger charge is -2.27. The van der Waals surface area contributed by atoms with Crippen molar-refractivity contribution in [2.45, 2.75) is 44.8 Å². The van der Waals surface area contributed by atoms with Crippen molar-refractivity contribution in [1.29, 1.82) is 0 Å². The number of fused-ring (bicyclic) bond motifs is 1. The van der Waals surface area contributed by atoms with Gasteiger partial charge in [0.25, 0.3) is 0 Å². The topological polar surface area (TPSA) is 78.8 Å². The number of carboxylic acids is 1. The minimum atomic E-state index is -0.988. The number of ether oxygens (including phenoxy) is 1. The molecule has 4 rings (SSSR count). The van der Waals surface area contributed by atoms with Crippen LogP contribution >= 0.6 is 24.0 Å². The summed E-state index contributed by atoms with van der Waals surface area (Å²) in [5.74, 6) is -0.585. The molecule has 1 aliphatic rings. The summed E-state index contributed by atoms with van der Waals surface area (Å²) in [4.78, 5) is 11.6. The Kier molecular flexibility index (Phi) is 9.58. The Morgan fingerprint density at radius 1 is 1.09 bits per heavy atom. The van der Waals surface area contributed by atoms with Gasteiger partial charge < -0.3 is 20.3 Å². The number of aliphatic hydroxyl groups is 1. The second kappa shape index (κ2) is 12.4. The van der Waals surface area contributed by atoms with Crippen LogP contribution < -0.4 is 10.1 Å². The average molecular weight is 516 g/mol. The van der Waals surface area contributed by atoms with E-state index in [-0.39, 0.29) is 24.0 Å². The fraction of sp³-hybridized carbons (Fsp3) is 0.321. The summed E-state index contributed by atoms with van der Waals surface area (Å²) >= 11 is 5.94. The molecule has 35 heavy (non-hydrogen) atoms. The van der Waals surface area contributed by atoms with Crippen molar-refractivity contribution < 1.29 is 19.7 Å². The van der Waals surface area contributed by atoms with E-state index < -0.39 is 12.1 Å². The first-order chi connectivity index (χ1) is 16.4. The van der Waals surface area contributed by atoms with Gasteiger partial charge in [0.1, 0.15) is 11.3 Å². The molecule has 186 valence electrons. The molecule has 0 amide bonds. The lowest BCUT2D eigenvalue weighted by molar-refractivity contribution is 0.0692. The smallest absolute Gasteiger partial charge is 0.339 e. The summed E-state index contributed by atoms with van der Waals surface area (Å²) in [6.45, 7) is 2.95. The fourth-order valence-electron chi connectivity index (χ4n) is 4.40. The standard InChI is InChI=1S/C28H30ClNO4.ClH/c1-2-13-34-27-16-21(8-12-25(27)28(32)33)20-4-3-18-7-11-24(15-22(18)14-20)30-17-26(31)19-5-9-23(29)10-6-19;/h3-6,8-10,12,14,16,24,26,30-31H,2,7,11,13,15,17H2,1H3,(H,32,33);1H/t24-,26-;/m0./s1. The van der Waals surface area contributed by atoms with Crippen LogP contribution in [0.2, 0.25) is 5.02 Å². The molecule has 7 heteroatoms. The van der Waals surface area contributed by atoms with E-state index in [1.165, 1.54) is 11.1 Å². The summed E-state index contributed by atoms with van der Waals surface area (Å²) in [6.07, 6.45) is 3.10. The fourth-order valence-corrected chi connectivity index (χ4v) is 4.53. The number of aliphatic hydroxyl groups excluding tert-OH is 1. The highest BCUT2D eigenvalue weighted by Crippen LogP contribution is 2.31. The molecule has 0 aromatic heterocycles. The molecule has 0 radical (unpaired) electrons. The zero-order valence-electron chi connectivity index (χ0n) is 19.7. The molecule has 1 aliphatic carbocycles. The largest absolute Gasteiger partial charge is 0.493 e. The van der Waals surface area contributed by atoms with E-state index in [1.807, 2.05) is 31.2 Å². The van der Waals surface area contributed by atoms with Gasteiger partial charge in [-0.15, -0.1) is 12.4 Å². The van der Waals surface area contributed by atoms with Gasteiger partial charge in [-0.25, -0.2) is 4.79 Å². The molecular formula is C28H31Cl2NO4. The minimum absolute atomic E-state index is 0. The summed E-state index contributed by atoms with van der Waals surface area (Å²) in [5.41, 5.74) is 5.62. The van der Waals surface area contributed by atoms with Crippen molar-refractivity contribution in [3.8, 4) is 16.9 Å². The number of rotatable bonds is 9. The number of hydrogen-bond donors (Lipinski definition) is 3. The first kappa shape index (κ1) is 27.0. The molecule has 0 bridgehead atoms. The highest BCUT2D eigenvalue weighted by atomic mass is 35.5. The molecule has 3 N–H and O–H groups in total. The van der Waals surface area contributed by atoms with Crippen molar-refractivity contribution in [1.82, 2.24) is 5.32 Å². The van der Waals surface area contributed by atoms with Gasteiger partial charge in [0.15, 0.2) is 0 Å². The van der Waals surface area contributed by atoms with E-state index in [0.29, 0.717) is 23.9 Å². The average Bonchev–Trinajstić information content (AvgIpc) is 2.85. The zero-order chi connectivity index (χ0) is 24.1. The highest BCUT2D eigenvalue weighted by Gasteiger charge is 2.21. The Labute approximate surface area is 217 Å². The van der Waals surface area contributed by atoms with Crippen molar-refractivity contribution in [3.63, 3.8) is 0 Å². The number of aryl methyl sites for hydroxylation is 1. The van der Waals surface area contributed by atoms with Crippen molar-refractivity contribution in [2.24, 2.45) is 0 Å². The molecule has 0 saturated heterocycles. The number of benzene rings is 3. The molecule has 0 heterocycles. The highest BCUT2D eigenvalue weighted by molar-refractivity contribution is 6.30. The maximum Gasteiger partial charge on any atom is 0.339 e. The third kappa shape index (κ3) is 6.77. The maximum atomic E-state index is 11.6. The summed E-state index contributed by atoms with van der Waals surface area (Å²) in [6, 6.07) is 19.3. The van der Waals surface area contributed by atoms with Crippen LogP contribution in [0.15, 0.2) is 60.7 Å². The molecule has 5 nitrogen and oxygen atoms in total. The molecule has 0 fully saturated rings. The molecule has 0 spiro atoms. The lowest BCUT2D eigenvalue weighted by atomic mass is 9.86. The Morgan fingerprint density at radius 2 is 1.80 bits per heavy atom. The number of halogens is 2. The first-order valence-corrected chi connectivity index (χ1v) is 12.1. The van der Waals surface area contributed by atoms with Gasteiger partial charge in [-0.2, -0.15) is 0 Å². The van der Waals surface area contributed by atoms with Gasteiger partial charge >= 0.3 is 5.97 Å². The van der Waals surface area contributed by atoms with Gasteiger partial charge in [0, 0.05) is 17.6 Å². The summed E-state index contributed by atoms with van der Waals surface area (Å²) in [5, 5.41) is 24.2. The van der Waals surface area contributed by atoms with Crippen molar-refractivity contribution in [2.75, 3.05) is 13.2 Å². The number of hydrogen-bond acceptors (Lipinski definition) is 4. The minimum Gasteiger partial charge on any atom is -0.493 e. The Balaban J connectivity index is 0.00000342. The molecule has 2 atom stereocenters. The predicted octanol–water partition coefficient (Wildman–Crippen LogP) is 6.10. The van der Waals surface area contributed by atoms with Gasteiger partial charge in [0.05, 0.1) is 12.7 Å². The second-order valence-electron chi connectivity index (χ2n) is 8.76. The number of aromatic carboxylic acids is 1. The normalized spacial score (nSPS) is 15.6. The SMILES string of the molecule is CCCOc1cc(-c2ccc3c(c2)C[C@@H](NC[C@H](O)c2ccc(Cl)cc2)CC3)ccc1C(=O)O.Cl. The number of nitrogens with one attached hydrogen (secondary N) is 1.